The number of benzene rings is 2. The number of hydrogen-bond donors (Lipinski definition) is 0. The fourth-order valence-electron chi connectivity index (χ4n) is 2.93. The molecule has 0 bridgehead atoms. The van der Waals surface area contributed by atoms with E-state index in [9.17, 15) is 9.59 Å². The van der Waals surface area contributed by atoms with Crippen LogP contribution >= 0.6 is 0 Å². The van der Waals surface area contributed by atoms with E-state index in [1.807, 2.05) is 64.1 Å². The summed E-state index contributed by atoms with van der Waals surface area (Å²) < 4.78 is 5.95. The maximum Gasteiger partial charge on any atom is 0.312 e. The normalized spacial score (nSPS) is 15.6. The lowest BCUT2D eigenvalue weighted by Gasteiger charge is -2.38. The average Bonchev–Trinajstić information content (AvgIpc) is 2.52. The number of carbonyl (C=O) groups is 2. The SMILES string of the molecule is CC(C)(C)C(=O)OC1(C)c2ccccc2C(=O)c2ccccc21. The van der Waals surface area contributed by atoms with Gasteiger partial charge in [-0.05, 0) is 27.7 Å². The van der Waals surface area contributed by atoms with Gasteiger partial charge < -0.3 is 4.74 Å². The first kappa shape index (κ1) is 15.5. The van der Waals surface area contributed by atoms with Crippen LogP contribution in [0.5, 0.6) is 0 Å². The minimum atomic E-state index is -0.967. The molecule has 0 spiro atoms. The van der Waals surface area contributed by atoms with E-state index < -0.39 is 11.0 Å². The molecule has 0 saturated carbocycles. The second-order valence-electron chi connectivity index (χ2n) is 7.09. The molecule has 0 aliphatic heterocycles. The van der Waals surface area contributed by atoms with Crippen LogP contribution in [0.2, 0.25) is 0 Å². The van der Waals surface area contributed by atoms with E-state index in [4.69, 9.17) is 4.74 Å². The van der Waals surface area contributed by atoms with Crippen LogP contribution in [-0.4, -0.2) is 11.8 Å². The van der Waals surface area contributed by atoms with Crippen molar-refractivity contribution in [2.75, 3.05) is 0 Å². The lowest BCUT2D eigenvalue weighted by atomic mass is 9.75. The highest BCUT2D eigenvalue weighted by Gasteiger charge is 2.44. The molecule has 0 atom stereocenters. The van der Waals surface area contributed by atoms with Crippen molar-refractivity contribution in [3.05, 3.63) is 70.8 Å². The highest BCUT2D eigenvalue weighted by Crippen LogP contribution is 2.43. The van der Waals surface area contributed by atoms with Gasteiger partial charge in [-0.3, -0.25) is 9.59 Å². The van der Waals surface area contributed by atoms with E-state index in [-0.39, 0.29) is 11.8 Å². The summed E-state index contributed by atoms with van der Waals surface area (Å²) in [6.07, 6.45) is 0. The summed E-state index contributed by atoms with van der Waals surface area (Å²) >= 11 is 0. The van der Waals surface area contributed by atoms with Gasteiger partial charge in [0.1, 0.15) is 0 Å². The van der Waals surface area contributed by atoms with Crippen molar-refractivity contribution >= 4 is 11.8 Å². The van der Waals surface area contributed by atoms with Crippen LogP contribution in [0, 0.1) is 5.41 Å². The van der Waals surface area contributed by atoms with Gasteiger partial charge in [0.15, 0.2) is 11.4 Å². The van der Waals surface area contributed by atoms with Gasteiger partial charge >= 0.3 is 5.97 Å². The molecule has 0 amide bonds. The molecule has 0 N–H and O–H groups in total. The van der Waals surface area contributed by atoms with Crippen molar-refractivity contribution in [1.82, 2.24) is 0 Å². The van der Waals surface area contributed by atoms with Crippen LogP contribution in [0.15, 0.2) is 48.5 Å². The fraction of sp³-hybridized carbons (Fsp3) is 0.300. The standard InChI is InChI=1S/C20H20O3/c1-19(2,3)18(22)23-20(4)15-11-7-5-9-13(15)17(21)14-10-6-8-12-16(14)20/h5-12H,1-4H3. The topological polar surface area (TPSA) is 43.4 Å². The summed E-state index contributed by atoms with van der Waals surface area (Å²) in [7, 11) is 0. The molecule has 0 radical (unpaired) electrons. The molecule has 118 valence electrons. The van der Waals surface area contributed by atoms with Crippen LogP contribution in [0.25, 0.3) is 0 Å². The summed E-state index contributed by atoms with van der Waals surface area (Å²) in [5.74, 6) is -0.320. The minimum absolute atomic E-state index is 0.0273. The summed E-state index contributed by atoms with van der Waals surface area (Å²) in [5, 5.41) is 0. The molecular weight excluding hydrogens is 288 g/mol. The average molecular weight is 308 g/mol. The molecule has 0 heterocycles. The third kappa shape index (κ3) is 2.37. The van der Waals surface area contributed by atoms with E-state index in [1.165, 1.54) is 0 Å². The highest BCUT2D eigenvalue weighted by atomic mass is 16.6. The summed E-state index contributed by atoms with van der Waals surface area (Å²) in [6, 6.07) is 14.7. The van der Waals surface area contributed by atoms with Crippen LogP contribution < -0.4 is 0 Å². The molecule has 1 aliphatic carbocycles. The molecule has 3 nitrogen and oxygen atoms in total. The Kier molecular flexibility index (Phi) is 3.40. The van der Waals surface area contributed by atoms with Crippen molar-refractivity contribution in [2.24, 2.45) is 5.41 Å². The van der Waals surface area contributed by atoms with Crippen LogP contribution in [0.3, 0.4) is 0 Å². The molecule has 0 unspecified atom stereocenters. The minimum Gasteiger partial charge on any atom is -0.449 e. The smallest absolute Gasteiger partial charge is 0.312 e. The first-order valence-electron chi connectivity index (χ1n) is 7.72. The van der Waals surface area contributed by atoms with Gasteiger partial charge in [0.25, 0.3) is 0 Å². The first-order valence-corrected chi connectivity index (χ1v) is 7.72. The highest BCUT2D eigenvalue weighted by molar-refractivity contribution is 6.13. The Morgan fingerprint density at radius 1 is 0.913 bits per heavy atom. The largest absolute Gasteiger partial charge is 0.449 e. The zero-order valence-electron chi connectivity index (χ0n) is 13.8. The van der Waals surface area contributed by atoms with Crippen LogP contribution in [0.4, 0.5) is 0 Å². The molecular formula is C20H20O3. The zero-order chi connectivity index (χ0) is 16.8. The summed E-state index contributed by atoms with van der Waals surface area (Å²) in [5.41, 5.74) is 1.08. The molecule has 2 aromatic rings. The second-order valence-corrected chi connectivity index (χ2v) is 7.09. The fourth-order valence-corrected chi connectivity index (χ4v) is 2.93. The van der Waals surface area contributed by atoms with E-state index in [0.717, 1.165) is 11.1 Å². The molecule has 23 heavy (non-hydrogen) atoms. The van der Waals surface area contributed by atoms with Crippen molar-refractivity contribution in [2.45, 2.75) is 33.3 Å². The maximum absolute atomic E-state index is 12.7. The molecule has 2 aromatic carbocycles. The molecule has 3 rings (SSSR count). The van der Waals surface area contributed by atoms with Gasteiger partial charge in [-0.1, -0.05) is 48.5 Å². The molecule has 0 saturated heterocycles. The maximum atomic E-state index is 12.7. The van der Waals surface area contributed by atoms with Crippen molar-refractivity contribution < 1.29 is 14.3 Å². The van der Waals surface area contributed by atoms with Gasteiger partial charge in [0.05, 0.1) is 5.41 Å². The number of fused-ring (bicyclic) bond motifs is 2. The Hall–Kier alpha value is -2.42. The quantitative estimate of drug-likeness (QED) is 0.745. The lowest BCUT2D eigenvalue weighted by Crippen LogP contribution is -2.40. The number of carbonyl (C=O) groups excluding carboxylic acids is 2. The zero-order valence-corrected chi connectivity index (χ0v) is 13.8. The number of ketones is 1. The molecule has 1 aliphatic rings. The van der Waals surface area contributed by atoms with Crippen LogP contribution in [-0.2, 0) is 15.1 Å². The Balaban J connectivity index is 2.22. The third-order valence-electron chi connectivity index (χ3n) is 4.28. The Morgan fingerprint density at radius 3 is 1.78 bits per heavy atom. The van der Waals surface area contributed by atoms with E-state index in [2.05, 4.69) is 0 Å². The van der Waals surface area contributed by atoms with Gasteiger partial charge in [-0.25, -0.2) is 0 Å². The van der Waals surface area contributed by atoms with Gasteiger partial charge in [0, 0.05) is 22.3 Å². The Morgan fingerprint density at radius 2 is 1.35 bits per heavy atom. The number of hydrogen-bond acceptors (Lipinski definition) is 3. The summed E-state index contributed by atoms with van der Waals surface area (Å²) in [4.78, 5) is 25.3. The second kappa shape index (κ2) is 5.05. The predicted octanol–water partition coefficient (Wildman–Crippen LogP) is 4.08. The number of ether oxygens (including phenoxy) is 1. The monoisotopic (exact) mass is 308 g/mol. The van der Waals surface area contributed by atoms with Gasteiger partial charge in [0.2, 0.25) is 0 Å². The van der Waals surface area contributed by atoms with E-state index >= 15 is 0 Å². The molecule has 3 heteroatoms. The van der Waals surface area contributed by atoms with Crippen LogP contribution in [0.1, 0.15) is 54.7 Å². The number of esters is 1. The van der Waals surface area contributed by atoms with Crippen molar-refractivity contribution in [1.29, 1.82) is 0 Å². The van der Waals surface area contributed by atoms with Crippen molar-refractivity contribution in [3.8, 4) is 0 Å². The van der Waals surface area contributed by atoms with E-state index in [0.29, 0.717) is 11.1 Å². The number of rotatable bonds is 1. The van der Waals surface area contributed by atoms with Crippen molar-refractivity contribution in [3.63, 3.8) is 0 Å². The van der Waals surface area contributed by atoms with Gasteiger partial charge in [-0.2, -0.15) is 0 Å². The Bertz CT molecular complexity index is 747. The summed E-state index contributed by atoms with van der Waals surface area (Å²) in [6.45, 7) is 7.33. The molecule has 0 aromatic heterocycles. The first-order chi connectivity index (χ1) is 10.7. The molecule has 0 fully saturated rings. The van der Waals surface area contributed by atoms with E-state index in [1.54, 1.807) is 12.1 Å². The lowest BCUT2D eigenvalue weighted by molar-refractivity contribution is -0.165. The van der Waals surface area contributed by atoms with Gasteiger partial charge in [-0.15, -0.1) is 0 Å². The third-order valence-corrected chi connectivity index (χ3v) is 4.28. The Labute approximate surface area is 136 Å². The predicted molar refractivity (Wildman–Crippen MR) is 88.3 cm³/mol.